The molecule has 6 aliphatic rings. The van der Waals surface area contributed by atoms with Crippen molar-refractivity contribution in [1.29, 1.82) is 0 Å². The number of pyridine rings is 1. The number of rotatable bonds is 10. The number of aromatic nitrogens is 4. The van der Waals surface area contributed by atoms with Crippen LogP contribution < -0.4 is 5.32 Å². The molecule has 5 aliphatic carbocycles. The fourth-order valence-corrected chi connectivity index (χ4v) is 13.9. The van der Waals surface area contributed by atoms with Crippen LogP contribution in [0.2, 0.25) is 0 Å². The quantitative estimate of drug-likeness (QED) is 0.235. The zero-order chi connectivity index (χ0) is 37.6. The zero-order valence-electron chi connectivity index (χ0n) is 33.7. The molecule has 0 spiro atoms. The Labute approximate surface area is 317 Å². The smallest absolute Gasteiger partial charge is 0.307 e. The lowest BCUT2D eigenvalue weighted by molar-refractivity contribution is -0.254. The molecule has 9 nitrogen and oxygen atoms in total. The maximum atomic E-state index is 13.6. The third-order valence-electron chi connectivity index (χ3n) is 17.3. The van der Waals surface area contributed by atoms with E-state index in [0.29, 0.717) is 43.5 Å². The third-order valence-corrected chi connectivity index (χ3v) is 17.3. The Morgan fingerprint density at radius 3 is 2.47 bits per heavy atom. The summed E-state index contributed by atoms with van der Waals surface area (Å²) in [5.41, 5.74) is 1.40. The fraction of sp³-hybridized carbons (Fsp3) is 0.773. The number of likely N-dealkylation sites (N-methyl/N-ethyl adjacent to an activating group) is 1. The number of allylic oxidation sites excluding steroid dienone is 1. The van der Waals surface area contributed by atoms with Gasteiger partial charge < -0.3 is 19.9 Å². The zero-order valence-corrected chi connectivity index (χ0v) is 33.7. The van der Waals surface area contributed by atoms with Crippen molar-refractivity contribution < 1.29 is 19.4 Å². The molecule has 290 valence electrons. The highest BCUT2D eigenvalue weighted by molar-refractivity contribution is 5.73. The van der Waals surface area contributed by atoms with Crippen LogP contribution in [0, 0.1) is 56.7 Å². The lowest BCUT2D eigenvalue weighted by Gasteiger charge is -2.71. The second-order valence-electron chi connectivity index (χ2n) is 19.8. The summed E-state index contributed by atoms with van der Waals surface area (Å²) < 4.78 is 16.4. The lowest BCUT2D eigenvalue weighted by atomic mass is 9.34. The van der Waals surface area contributed by atoms with Crippen molar-refractivity contribution in [3.05, 3.63) is 42.5 Å². The molecule has 8 rings (SSSR count). The summed E-state index contributed by atoms with van der Waals surface area (Å²) in [4.78, 5) is 22.7. The molecule has 0 radical (unpaired) electrons. The SMILES string of the molecule is CCNC1(CO[C@H]2[C@H](n3ncnc3-c3ccncc3)C[C@@]34COCC2(C)[C@@H]3CC[C@H]2C4=CC[C@@]3(C)[C@H](C(=O)O)[C@@](C)([C@H](C)C(C)C)CC[C@]23C)CCC1. The van der Waals surface area contributed by atoms with E-state index in [0.717, 1.165) is 69.3 Å². The Kier molecular flexibility index (Phi) is 9.13. The van der Waals surface area contributed by atoms with Crippen molar-refractivity contribution >= 4 is 5.97 Å². The van der Waals surface area contributed by atoms with Crippen LogP contribution in [0.5, 0.6) is 0 Å². The van der Waals surface area contributed by atoms with Gasteiger partial charge in [-0.15, -0.1) is 0 Å². The number of hydrogen-bond acceptors (Lipinski definition) is 7. The fourth-order valence-electron chi connectivity index (χ4n) is 13.9. The van der Waals surface area contributed by atoms with E-state index in [1.54, 1.807) is 11.9 Å². The van der Waals surface area contributed by atoms with E-state index >= 15 is 0 Å². The summed E-state index contributed by atoms with van der Waals surface area (Å²) in [6.07, 6.45) is 17.2. The van der Waals surface area contributed by atoms with Crippen LogP contribution in [-0.4, -0.2) is 68.8 Å². The first kappa shape index (κ1) is 37.3. The highest BCUT2D eigenvalue weighted by Gasteiger charge is 2.72. The predicted octanol–water partition coefficient (Wildman–Crippen LogP) is 8.39. The second-order valence-corrected chi connectivity index (χ2v) is 19.8. The number of aliphatic carboxylic acids is 1. The van der Waals surface area contributed by atoms with Crippen molar-refractivity contribution in [1.82, 2.24) is 25.1 Å². The Morgan fingerprint density at radius 2 is 1.81 bits per heavy atom. The van der Waals surface area contributed by atoms with Crippen molar-refractivity contribution in [2.45, 2.75) is 131 Å². The molecular weight excluding hydrogens is 663 g/mol. The molecule has 2 bridgehead atoms. The molecule has 5 fully saturated rings. The van der Waals surface area contributed by atoms with E-state index in [2.05, 4.69) is 76.4 Å². The molecule has 1 saturated heterocycles. The van der Waals surface area contributed by atoms with Gasteiger partial charge in [0.2, 0.25) is 0 Å². The molecular formula is C44H65N5O4. The number of fused-ring (bicyclic) bond motifs is 3. The first-order chi connectivity index (χ1) is 25.2. The minimum absolute atomic E-state index is 0.0296. The molecule has 0 amide bonds. The van der Waals surface area contributed by atoms with Gasteiger partial charge in [-0.2, -0.15) is 5.10 Å². The van der Waals surface area contributed by atoms with Gasteiger partial charge >= 0.3 is 5.97 Å². The standard InChI is InChI=1S/C44H65N5O4/c1-9-47-43(16-10-17-43)25-53-36-33(49-37(46-27-48-49)30-14-21-45-22-15-30)23-44-26-52-24-40(36,6)34(44)12-11-31-32(44)13-18-42(8)35(38(50)51)39(5,29(4)28(2)3)19-20-41(31,42)7/h13-15,21-22,27-29,31,33-36,47H,9-12,16-20,23-26H2,1-8H3,(H,50,51)/t29-,31+,33-,34+,35-,36+,39-,40?,41-,42+,44+/m1/s1. The molecule has 1 aliphatic heterocycles. The molecule has 9 heteroatoms. The van der Waals surface area contributed by atoms with Crippen molar-refractivity contribution in [3.63, 3.8) is 0 Å². The highest BCUT2D eigenvalue weighted by atomic mass is 16.5. The summed E-state index contributed by atoms with van der Waals surface area (Å²) in [6.45, 7) is 21.6. The normalized spacial score (nSPS) is 42.1. The first-order valence-corrected chi connectivity index (χ1v) is 20.9. The maximum Gasteiger partial charge on any atom is 0.307 e. The molecule has 53 heavy (non-hydrogen) atoms. The number of hydrogen-bond donors (Lipinski definition) is 2. The summed E-state index contributed by atoms with van der Waals surface area (Å²) in [5.74, 6) is 1.29. The van der Waals surface area contributed by atoms with Gasteiger partial charge in [0.15, 0.2) is 5.82 Å². The highest BCUT2D eigenvalue weighted by Crippen LogP contribution is 2.75. The number of carbonyl (C=O) groups is 1. The van der Waals surface area contributed by atoms with Crippen molar-refractivity contribution in [2.75, 3.05) is 26.4 Å². The van der Waals surface area contributed by atoms with Gasteiger partial charge in [-0.05, 0) is 116 Å². The van der Waals surface area contributed by atoms with Gasteiger partial charge in [-0.25, -0.2) is 9.67 Å². The molecule has 2 aromatic rings. The molecule has 11 atom stereocenters. The number of nitrogens with zero attached hydrogens (tertiary/aromatic N) is 4. The number of carboxylic acids is 1. The van der Waals surface area contributed by atoms with Gasteiger partial charge in [0.1, 0.15) is 6.33 Å². The molecule has 0 aromatic carbocycles. The van der Waals surface area contributed by atoms with E-state index in [4.69, 9.17) is 19.6 Å². The van der Waals surface area contributed by atoms with Gasteiger partial charge in [0.05, 0.1) is 37.9 Å². The summed E-state index contributed by atoms with van der Waals surface area (Å²) >= 11 is 0. The van der Waals surface area contributed by atoms with Crippen LogP contribution >= 0.6 is 0 Å². The van der Waals surface area contributed by atoms with E-state index < -0.39 is 11.9 Å². The predicted molar refractivity (Wildman–Crippen MR) is 206 cm³/mol. The average Bonchev–Trinajstić information content (AvgIpc) is 3.60. The van der Waals surface area contributed by atoms with Crippen LogP contribution in [0.4, 0.5) is 0 Å². The number of ether oxygens (including phenoxy) is 2. The summed E-state index contributed by atoms with van der Waals surface area (Å²) in [5, 5.41) is 20.0. The van der Waals surface area contributed by atoms with Crippen LogP contribution in [0.3, 0.4) is 0 Å². The number of carboxylic acid groups (broad SMARTS) is 1. The van der Waals surface area contributed by atoms with Crippen molar-refractivity contribution in [2.24, 2.45) is 56.7 Å². The number of nitrogens with one attached hydrogen (secondary N) is 1. The Balaban J connectivity index is 1.23. The van der Waals surface area contributed by atoms with E-state index in [1.165, 1.54) is 6.42 Å². The van der Waals surface area contributed by atoms with Crippen molar-refractivity contribution in [3.8, 4) is 11.4 Å². The lowest BCUT2D eigenvalue weighted by Crippen LogP contribution is -2.69. The largest absolute Gasteiger partial charge is 0.481 e. The van der Waals surface area contributed by atoms with Gasteiger partial charge in [0, 0.05) is 34.3 Å². The summed E-state index contributed by atoms with van der Waals surface area (Å²) in [7, 11) is 0. The Bertz CT molecular complexity index is 1720. The van der Waals surface area contributed by atoms with Gasteiger partial charge in [0.25, 0.3) is 0 Å². The molecule has 2 aromatic heterocycles. The molecule has 4 saturated carbocycles. The van der Waals surface area contributed by atoms with Crippen LogP contribution in [0.1, 0.15) is 119 Å². The Morgan fingerprint density at radius 1 is 1.06 bits per heavy atom. The topological polar surface area (TPSA) is 111 Å². The van der Waals surface area contributed by atoms with Gasteiger partial charge in [-0.1, -0.05) is 67.0 Å². The van der Waals surface area contributed by atoms with E-state index in [-0.39, 0.29) is 44.8 Å². The second kappa shape index (κ2) is 13.0. The monoisotopic (exact) mass is 728 g/mol. The third kappa shape index (κ3) is 5.24. The summed E-state index contributed by atoms with van der Waals surface area (Å²) in [6, 6.07) is 4.01. The molecule has 1 unspecified atom stereocenters. The average molecular weight is 728 g/mol. The van der Waals surface area contributed by atoms with Crippen LogP contribution in [-0.2, 0) is 14.3 Å². The van der Waals surface area contributed by atoms with Gasteiger partial charge in [-0.3, -0.25) is 9.78 Å². The van der Waals surface area contributed by atoms with E-state index in [9.17, 15) is 9.90 Å². The minimum Gasteiger partial charge on any atom is -0.481 e. The first-order valence-electron chi connectivity index (χ1n) is 20.9. The van der Waals surface area contributed by atoms with Crippen LogP contribution in [0.15, 0.2) is 42.5 Å². The maximum absolute atomic E-state index is 13.6. The Hall–Kier alpha value is -2.62. The molecule has 3 heterocycles. The van der Waals surface area contributed by atoms with E-state index in [1.807, 2.05) is 24.5 Å². The molecule has 2 N–H and O–H groups in total. The minimum atomic E-state index is -0.611. The van der Waals surface area contributed by atoms with Crippen LogP contribution in [0.25, 0.3) is 11.4 Å².